The van der Waals surface area contributed by atoms with E-state index in [9.17, 15) is 0 Å². The van der Waals surface area contributed by atoms with Crippen LogP contribution in [0, 0.1) is 0 Å². The Bertz CT molecular complexity index is 3260. The molecule has 0 amide bonds. The van der Waals surface area contributed by atoms with Gasteiger partial charge in [0.15, 0.2) is 5.82 Å². The number of hydrogen-bond donors (Lipinski definition) is 0. The van der Waals surface area contributed by atoms with Gasteiger partial charge in [-0.15, -0.1) is 0 Å². The van der Waals surface area contributed by atoms with Crippen LogP contribution in [0.5, 0.6) is 0 Å². The lowest BCUT2D eigenvalue weighted by Crippen LogP contribution is -1.97. The average molecular weight is 727 g/mol. The number of benzene rings is 9. The molecule has 0 radical (unpaired) electrons. The number of nitrogens with zero attached hydrogens (tertiary/aromatic N) is 2. The van der Waals surface area contributed by atoms with Gasteiger partial charge in [0.1, 0.15) is 11.2 Å². The fraction of sp³-hybridized carbons (Fsp3) is 0. The number of para-hydroxylation sites is 1. The third kappa shape index (κ3) is 5.68. The summed E-state index contributed by atoms with van der Waals surface area (Å²) < 4.78 is 6.82. The van der Waals surface area contributed by atoms with Crippen LogP contribution >= 0.6 is 0 Å². The van der Waals surface area contributed by atoms with E-state index < -0.39 is 0 Å². The maximum Gasteiger partial charge on any atom is 0.160 e. The lowest BCUT2D eigenvalue weighted by atomic mass is 9.89. The van der Waals surface area contributed by atoms with Gasteiger partial charge in [0.25, 0.3) is 0 Å². The Morgan fingerprint density at radius 2 is 0.754 bits per heavy atom. The average Bonchev–Trinajstić information content (AvgIpc) is 3.68. The minimum Gasteiger partial charge on any atom is -0.455 e. The molecule has 11 aromatic rings. The highest BCUT2D eigenvalue weighted by molar-refractivity contribution is 6.22. The molecule has 2 aromatic heterocycles. The van der Waals surface area contributed by atoms with Gasteiger partial charge in [-0.2, -0.15) is 0 Å². The molecule has 0 unspecified atom stereocenters. The second-order valence-corrected chi connectivity index (χ2v) is 14.5. The molecular weight excluding hydrogens is 693 g/mol. The van der Waals surface area contributed by atoms with Crippen molar-refractivity contribution in [2.75, 3.05) is 0 Å². The van der Waals surface area contributed by atoms with E-state index in [0.29, 0.717) is 5.82 Å². The first-order valence-corrected chi connectivity index (χ1v) is 19.3. The predicted molar refractivity (Wildman–Crippen MR) is 237 cm³/mol. The number of furan rings is 1. The van der Waals surface area contributed by atoms with Crippen LogP contribution in [-0.2, 0) is 0 Å². The van der Waals surface area contributed by atoms with Crippen LogP contribution in [-0.4, -0.2) is 9.97 Å². The van der Waals surface area contributed by atoms with Crippen LogP contribution in [0.15, 0.2) is 211 Å². The van der Waals surface area contributed by atoms with Crippen LogP contribution < -0.4 is 0 Å². The molecule has 0 fully saturated rings. The highest BCUT2D eigenvalue weighted by atomic mass is 16.3. The Hall–Kier alpha value is -7.62. The molecule has 0 spiro atoms. The fourth-order valence-corrected chi connectivity index (χ4v) is 8.36. The first-order chi connectivity index (χ1) is 28.3. The highest BCUT2D eigenvalue weighted by Gasteiger charge is 2.20. The van der Waals surface area contributed by atoms with Gasteiger partial charge in [-0.3, -0.25) is 0 Å². The van der Waals surface area contributed by atoms with E-state index in [1.807, 2.05) is 30.3 Å². The van der Waals surface area contributed by atoms with Gasteiger partial charge in [-0.1, -0.05) is 194 Å². The second-order valence-electron chi connectivity index (χ2n) is 14.5. The minimum absolute atomic E-state index is 0.696. The summed E-state index contributed by atoms with van der Waals surface area (Å²) in [4.78, 5) is 10.4. The van der Waals surface area contributed by atoms with Crippen LogP contribution in [0.4, 0.5) is 0 Å². The van der Waals surface area contributed by atoms with Gasteiger partial charge in [-0.25, -0.2) is 9.97 Å². The van der Waals surface area contributed by atoms with Crippen molar-refractivity contribution in [2.45, 2.75) is 0 Å². The highest BCUT2D eigenvalue weighted by Crippen LogP contribution is 2.45. The molecule has 0 N–H and O–H groups in total. The molecule has 57 heavy (non-hydrogen) atoms. The molecular formula is C54H34N2O. The smallest absolute Gasteiger partial charge is 0.160 e. The van der Waals surface area contributed by atoms with Crippen LogP contribution in [0.2, 0.25) is 0 Å². The van der Waals surface area contributed by atoms with Crippen LogP contribution in [0.25, 0.3) is 111 Å². The topological polar surface area (TPSA) is 38.9 Å². The molecule has 0 aliphatic carbocycles. The molecule has 0 bridgehead atoms. The van der Waals surface area contributed by atoms with E-state index in [4.69, 9.17) is 14.4 Å². The zero-order chi connectivity index (χ0) is 37.7. The lowest BCUT2D eigenvalue weighted by Gasteiger charge is -2.15. The predicted octanol–water partition coefficient (Wildman–Crippen LogP) is 14.7. The molecule has 3 nitrogen and oxygen atoms in total. The van der Waals surface area contributed by atoms with Crippen molar-refractivity contribution in [3.63, 3.8) is 0 Å². The molecule has 0 aliphatic heterocycles. The van der Waals surface area contributed by atoms with Gasteiger partial charge in [-0.05, 0) is 56.1 Å². The molecule has 3 heteroatoms. The number of aromatic nitrogens is 2. The summed E-state index contributed by atoms with van der Waals surface area (Å²) in [6.45, 7) is 0. The Kier molecular flexibility index (Phi) is 7.82. The molecule has 0 saturated heterocycles. The van der Waals surface area contributed by atoms with Gasteiger partial charge < -0.3 is 4.42 Å². The summed E-state index contributed by atoms with van der Waals surface area (Å²) in [5, 5.41) is 6.75. The zero-order valence-electron chi connectivity index (χ0n) is 30.9. The quantitative estimate of drug-likeness (QED) is 0.171. The molecule has 0 saturated carbocycles. The lowest BCUT2D eigenvalue weighted by molar-refractivity contribution is 0.674. The zero-order valence-corrected chi connectivity index (χ0v) is 30.9. The third-order valence-electron chi connectivity index (χ3n) is 11.1. The van der Waals surface area contributed by atoms with Gasteiger partial charge in [0.05, 0.1) is 11.4 Å². The maximum atomic E-state index is 6.82. The van der Waals surface area contributed by atoms with E-state index in [1.165, 1.54) is 16.7 Å². The first-order valence-electron chi connectivity index (χ1n) is 19.3. The summed E-state index contributed by atoms with van der Waals surface area (Å²) in [6, 6.07) is 72.6. The SMILES string of the molecule is c1ccc(-c2ccc(-c3cc(-c4ccc(-c5cc6c7cccc(-c8ccccc8)c7oc6c6ccccc56)c5ccccc45)nc(-c4ccccc4)n3)cc2)cc1. The Morgan fingerprint density at radius 3 is 1.46 bits per heavy atom. The first kappa shape index (κ1) is 32.8. The number of fused-ring (bicyclic) bond motifs is 6. The van der Waals surface area contributed by atoms with E-state index >= 15 is 0 Å². The fourth-order valence-electron chi connectivity index (χ4n) is 8.36. The third-order valence-corrected chi connectivity index (χ3v) is 11.1. The van der Waals surface area contributed by atoms with Crippen molar-refractivity contribution in [2.24, 2.45) is 0 Å². The van der Waals surface area contributed by atoms with E-state index in [2.05, 4.69) is 176 Å². The summed E-state index contributed by atoms with van der Waals surface area (Å²) in [5.41, 5.74) is 13.6. The van der Waals surface area contributed by atoms with Gasteiger partial charge in [0, 0.05) is 38.4 Å². The molecule has 11 rings (SSSR count). The van der Waals surface area contributed by atoms with Crippen molar-refractivity contribution in [3.05, 3.63) is 206 Å². The van der Waals surface area contributed by atoms with Crippen molar-refractivity contribution in [1.29, 1.82) is 0 Å². The molecule has 266 valence electrons. The van der Waals surface area contributed by atoms with Gasteiger partial charge in [0.2, 0.25) is 0 Å². The Labute approximate surface area is 330 Å². The van der Waals surface area contributed by atoms with E-state index in [0.717, 1.165) is 88.3 Å². The second kappa shape index (κ2) is 13.6. The minimum atomic E-state index is 0.696. The number of hydrogen-bond acceptors (Lipinski definition) is 3. The summed E-state index contributed by atoms with van der Waals surface area (Å²) in [7, 11) is 0. The maximum absolute atomic E-state index is 6.82. The van der Waals surface area contributed by atoms with Crippen molar-refractivity contribution >= 4 is 43.5 Å². The molecule has 2 heterocycles. The van der Waals surface area contributed by atoms with Crippen molar-refractivity contribution < 1.29 is 4.42 Å². The van der Waals surface area contributed by atoms with Crippen LogP contribution in [0.1, 0.15) is 0 Å². The summed E-state index contributed by atoms with van der Waals surface area (Å²) >= 11 is 0. The van der Waals surface area contributed by atoms with E-state index in [1.54, 1.807) is 0 Å². The normalized spacial score (nSPS) is 11.5. The molecule has 0 atom stereocenters. The Morgan fingerprint density at radius 1 is 0.263 bits per heavy atom. The van der Waals surface area contributed by atoms with Gasteiger partial charge >= 0.3 is 0 Å². The number of rotatable bonds is 6. The Balaban J connectivity index is 1.10. The molecule has 9 aromatic carbocycles. The van der Waals surface area contributed by atoms with Crippen LogP contribution in [0.3, 0.4) is 0 Å². The van der Waals surface area contributed by atoms with Crippen molar-refractivity contribution in [1.82, 2.24) is 9.97 Å². The standard InChI is InChI=1S/C54H34N2O/c1-4-15-35(16-5-1)36-27-29-38(30-28-36)50-34-51(56-54(55-50)39-19-8-3-9-20-39)45-32-31-44(41-21-10-11-22-42(41)45)48-33-49-47-26-14-25-40(37-17-6-2-7-18-37)52(47)57-53(49)46-24-13-12-23-43(46)48/h1-34H. The van der Waals surface area contributed by atoms with Crippen molar-refractivity contribution in [3.8, 4) is 67.3 Å². The molecule has 0 aliphatic rings. The van der Waals surface area contributed by atoms with E-state index in [-0.39, 0.29) is 0 Å². The summed E-state index contributed by atoms with van der Waals surface area (Å²) in [5.74, 6) is 0.696. The monoisotopic (exact) mass is 726 g/mol. The largest absolute Gasteiger partial charge is 0.455 e. The summed E-state index contributed by atoms with van der Waals surface area (Å²) in [6.07, 6.45) is 0.